The summed E-state index contributed by atoms with van der Waals surface area (Å²) in [5.74, 6) is 0. The molecule has 0 aromatic heterocycles. The van der Waals surface area contributed by atoms with Gasteiger partial charge in [-0.25, -0.2) is 0 Å². The summed E-state index contributed by atoms with van der Waals surface area (Å²) in [5.41, 5.74) is 0. The maximum Gasteiger partial charge on any atom is 0.0700 e. The Morgan fingerprint density at radius 3 is 1.04 bits per heavy atom. The second-order valence-corrected chi connectivity index (χ2v) is 4.66. The Morgan fingerprint density at radius 1 is 0.478 bits per heavy atom. The SMILES string of the molecule is Br.COCCOCCN(CCOCCOC)CCOCCOC. The van der Waals surface area contributed by atoms with Gasteiger partial charge in [-0.1, -0.05) is 0 Å². The summed E-state index contributed by atoms with van der Waals surface area (Å²) in [7, 11) is 5.01. The van der Waals surface area contributed by atoms with Gasteiger partial charge in [0.1, 0.15) is 0 Å². The van der Waals surface area contributed by atoms with Crippen LogP contribution >= 0.6 is 17.0 Å². The molecule has 0 spiro atoms. The number of hydrogen-bond acceptors (Lipinski definition) is 7. The normalized spacial score (nSPS) is 11.0. The Labute approximate surface area is 151 Å². The number of halogens is 1. The summed E-state index contributed by atoms with van der Waals surface area (Å²) in [5, 5.41) is 0. The lowest BCUT2D eigenvalue weighted by atomic mass is 10.4. The second-order valence-electron chi connectivity index (χ2n) is 4.66. The molecule has 0 fully saturated rings. The van der Waals surface area contributed by atoms with Gasteiger partial charge < -0.3 is 28.4 Å². The summed E-state index contributed by atoms with van der Waals surface area (Å²) >= 11 is 0. The van der Waals surface area contributed by atoms with Gasteiger partial charge in [-0.15, -0.1) is 17.0 Å². The van der Waals surface area contributed by atoms with Crippen LogP contribution in [0.4, 0.5) is 0 Å². The summed E-state index contributed by atoms with van der Waals surface area (Å²) in [4.78, 5) is 2.27. The zero-order chi connectivity index (χ0) is 16.3. The first-order valence-corrected chi connectivity index (χ1v) is 7.77. The highest BCUT2D eigenvalue weighted by atomic mass is 79.9. The predicted octanol–water partition coefficient (Wildman–Crippen LogP) is 0.855. The van der Waals surface area contributed by atoms with Crippen molar-refractivity contribution in [3.63, 3.8) is 0 Å². The van der Waals surface area contributed by atoms with Crippen LogP contribution < -0.4 is 0 Å². The molecule has 8 heteroatoms. The molecule has 0 saturated heterocycles. The molecule has 0 bridgehead atoms. The lowest BCUT2D eigenvalue weighted by Crippen LogP contribution is -2.34. The third-order valence-electron chi connectivity index (χ3n) is 2.95. The summed E-state index contributed by atoms with van der Waals surface area (Å²) < 4.78 is 31.4. The lowest BCUT2D eigenvalue weighted by molar-refractivity contribution is 0.0223. The fraction of sp³-hybridized carbons (Fsp3) is 1.00. The van der Waals surface area contributed by atoms with E-state index in [2.05, 4.69) is 4.90 Å². The maximum absolute atomic E-state index is 5.51. The molecule has 0 atom stereocenters. The molecular formula is C15H34BrNO6. The molecule has 0 N–H and O–H groups in total. The van der Waals surface area contributed by atoms with Crippen molar-refractivity contribution in [3.8, 4) is 0 Å². The van der Waals surface area contributed by atoms with E-state index in [4.69, 9.17) is 28.4 Å². The molecule has 0 aliphatic heterocycles. The van der Waals surface area contributed by atoms with E-state index >= 15 is 0 Å². The van der Waals surface area contributed by atoms with Gasteiger partial charge in [-0.3, -0.25) is 4.90 Å². The quantitative estimate of drug-likeness (QED) is 0.314. The smallest absolute Gasteiger partial charge is 0.0700 e. The van der Waals surface area contributed by atoms with Crippen molar-refractivity contribution in [3.05, 3.63) is 0 Å². The minimum atomic E-state index is 0. The third kappa shape index (κ3) is 20.2. The molecule has 0 aromatic rings. The van der Waals surface area contributed by atoms with Crippen molar-refractivity contribution in [1.29, 1.82) is 0 Å². The Balaban J connectivity index is 0. The average molecular weight is 404 g/mol. The fourth-order valence-corrected chi connectivity index (χ4v) is 1.65. The number of rotatable bonds is 18. The van der Waals surface area contributed by atoms with Crippen molar-refractivity contribution in [2.45, 2.75) is 0 Å². The first-order valence-electron chi connectivity index (χ1n) is 7.77. The van der Waals surface area contributed by atoms with E-state index in [1.54, 1.807) is 21.3 Å². The van der Waals surface area contributed by atoms with Crippen LogP contribution in [0.25, 0.3) is 0 Å². The van der Waals surface area contributed by atoms with E-state index in [-0.39, 0.29) is 17.0 Å². The van der Waals surface area contributed by atoms with Crippen LogP contribution in [0.3, 0.4) is 0 Å². The van der Waals surface area contributed by atoms with Crippen LogP contribution in [0.2, 0.25) is 0 Å². The maximum atomic E-state index is 5.51. The Kier molecular flexibility index (Phi) is 24.6. The Hall–Kier alpha value is 0.200. The third-order valence-corrected chi connectivity index (χ3v) is 2.95. The van der Waals surface area contributed by atoms with Gasteiger partial charge in [-0.2, -0.15) is 0 Å². The molecule has 0 aromatic carbocycles. The summed E-state index contributed by atoms with van der Waals surface area (Å²) in [6.07, 6.45) is 0. The first kappa shape index (κ1) is 25.4. The highest BCUT2D eigenvalue weighted by Gasteiger charge is 2.05. The van der Waals surface area contributed by atoms with Gasteiger partial charge in [0.25, 0.3) is 0 Å². The van der Waals surface area contributed by atoms with Gasteiger partial charge >= 0.3 is 0 Å². The van der Waals surface area contributed by atoms with Crippen molar-refractivity contribution in [2.75, 3.05) is 100 Å². The van der Waals surface area contributed by atoms with Crippen molar-refractivity contribution < 1.29 is 28.4 Å². The van der Waals surface area contributed by atoms with Crippen LogP contribution in [-0.2, 0) is 28.4 Å². The monoisotopic (exact) mass is 403 g/mol. The lowest BCUT2D eigenvalue weighted by Gasteiger charge is -2.22. The Bertz CT molecular complexity index is 181. The molecule has 0 aliphatic carbocycles. The number of nitrogens with zero attached hydrogens (tertiary/aromatic N) is 1. The van der Waals surface area contributed by atoms with Gasteiger partial charge in [0.2, 0.25) is 0 Å². The van der Waals surface area contributed by atoms with E-state index in [1.165, 1.54) is 0 Å². The molecule has 0 amide bonds. The highest BCUT2D eigenvalue weighted by molar-refractivity contribution is 8.93. The van der Waals surface area contributed by atoms with Gasteiger partial charge in [-0.05, 0) is 0 Å². The van der Waals surface area contributed by atoms with E-state index < -0.39 is 0 Å². The minimum absolute atomic E-state index is 0. The average Bonchev–Trinajstić information content (AvgIpc) is 2.53. The summed E-state index contributed by atoms with van der Waals surface area (Å²) in [6.45, 7) is 8.34. The van der Waals surface area contributed by atoms with E-state index in [1.807, 2.05) is 0 Å². The molecule has 0 rings (SSSR count). The molecule has 7 nitrogen and oxygen atoms in total. The zero-order valence-corrected chi connectivity index (χ0v) is 16.5. The number of hydrogen-bond donors (Lipinski definition) is 0. The highest BCUT2D eigenvalue weighted by Crippen LogP contribution is 1.92. The van der Waals surface area contributed by atoms with Crippen LogP contribution in [-0.4, -0.2) is 105 Å². The standard InChI is InChI=1S/C15H33NO6.BrH/c1-17-10-13-20-7-4-16(5-8-21-14-11-18-2)6-9-22-15-12-19-3;/h4-15H2,1-3H3;1H. The van der Waals surface area contributed by atoms with Gasteiger partial charge in [0.05, 0.1) is 59.5 Å². The van der Waals surface area contributed by atoms with Crippen molar-refractivity contribution in [1.82, 2.24) is 4.90 Å². The van der Waals surface area contributed by atoms with Crippen LogP contribution in [0.5, 0.6) is 0 Å². The van der Waals surface area contributed by atoms with Crippen LogP contribution in [0, 0.1) is 0 Å². The molecule has 0 heterocycles. The largest absolute Gasteiger partial charge is 0.382 e. The molecular weight excluding hydrogens is 370 g/mol. The molecule has 0 radical (unpaired) electrons. The van der Waals surface area contributed by atoms with Gasteiger partial charge in [0.15, 0.2) is 0 Å². The fourth-order valence-electron chi connectivity index (χ4n) is 1.65. The molecule has 0 aliphatic rings. The summed E-state index contributed by atoms with van der Waals surface area (Å²) in [6, 6.07) is 0. The van der Waals surface area contributed by atoms with Crippen molar-refractivity contribution in [2.24, 2.45) is 0 Å². The second kappa shape index (κ2) is 22.2. The molecule has 0 saturated carbocycles. The molecule has 23 heavy (non-hydrogen) atoms. The first-order chi connectivity index (χ1) is 10.8. The topological polar surface area (TPSA) is 58.6 Å². The van der Waals surface area contributed by atoms with E-state index in [0.29, 0.717) is 59.5 Å². The van der Waals surface area contributed by atoms with Crippen LogP contribution in [0.1, 0.15) is 0 Å². The number of methoxy groups -OCH3 is 3. The number of ether oxygens (including phenoxy) is 6. The minimum Gasteiger partial charge on any atom is -0.382 e. The van der Waals surface area contributed by atoms with Crippen molar-refractivity contribution >= 4 is 17.0 Å². The Morgan fingerprint density at radius 2 is 0.783 bits per heavy atom. The van der Waals surface area contributed by atoms with E-state index in [9.17, 15) is 0 Å². The van der Waals surface area contributed by atoms with E-state index in [0.717, 1.165) is 19.6 Å². The van der Waals surface area contributed by atoms with Crippen LogP contribution in [0.15, 0.2) is 0 Å². The molecule has 0 unspecified atom stereocenters. The van der Waals surface area contributed by atoms with Gasteiger partial charge in [0, 0.05) is 41.0 Å². The molecule has 142 valence electrons. The predicted molar refractivity (Wildman–Crippen MR) is 94.8 cm³/mol. The zero-order valence-electron chi connectivity index (χ0n) is 14.8.